The Labute approximate surface area is 217 Å². The maximum absolute atomic E-state index is 5.88. The molecule has 1 aliphatic heterocycles. The molecule has 0 aliphatic carbocycles. The lowest BCUT2D eigenvalue weighted by atomic mass is 9.93. The molecule has 182 valence electrons. The van der Waals surface area contributed by atoms with Gasteiger partial charge in [-0.3, -0.25) is 0 Å². The van der Waals surface area contributed by atoms with Crippen LogP contribution < -0.4 is 5.32 Å². The molecule has 0 saturated heterocycles. The Morgan fingerprint density at radius 2 is 1.72 bits per heavy atom. The summed E-state index contributed by atoms with van der Waals surface area (Å²) in [6.45, 7) is 7.07. The minimum Gasteiger partial charge on any atom is -0.351 e. The highest BCUT2D eigenvalue weighted by Gasteiger charge is 2.34. The number of nitrogens with one attached hydrogen (secondary N) is 1. The molecule has 6 heteroatoms. The molecule has 0 fully saturated rings. The topological polar surface area (TPSA) is 54.2 Å². The molecule has 1 unspecified atom stereocenters. The summed E-state index contributed by atoms with van der Waals surface area (Å²) in [6, 6.07) is 27.1. The Morgan fingerprint density at radius 1 is 0.944 bits per heavy atom. The third-order valence-electron chi connectivity index (χ3n) is 6.72. The maximum atomic E-state index is 5.88. The lowest BCUT2D eigenvalue weighted by Gasteiger charge is -2.37. The van der Waals surface area contributed by atoms with Crippen molar-refractivity contribution >= 4 is 22.9 Å². The van der Waals surface area contributed by atoms with Gasteiger partial charge in [-0.15, -0.1) is 0 Å². The van der Waals surface area contributed by atoms with Crippen LogP contribution in [0.15, 0.2) is 89.1 Å². The van der Waals surface area contributed by atoms with E-state index in [1.54, 1.807) is 0 Å². The number of benzene rings is 3. The first-order valence-electron chi connectivity index (χ1n) is 12.4. The van der Waals surface area contributed by atoms with Gasteiger partial charge in [0.1, 0.15) is 0 Å². The number of aromatic nitrogens is 2. The highest BCUT2D eigenvalue weighted by Crippen LogP contribution is 2.37. The van der Waals surface area contributed by atoms with E-state index in [0.29, 0.717) is 16.8 Å². The molecular formula is C30H30N4OS. The van der Waals surface area contributed by atoms with Crippen LogP contribution in [-0.4, -0.2) is 26.7 Å². The molecule has 4 aromatic rings. The van der Waals surface area contributed by atoms with E-state index in [4.69, 9.17) is 21.7 Å². The normalized spacial score (nSPS) is 15.8. The Kier molecular flexibility index (Phi) is 6.96. The van der Waals surface area contributed by atoms with E-state index in [0.717, 1.165) is 47.3 Å². The molecule has 3 aromatic carbocycles. The smallest absolute Gasteiger partial charge is 0.258 e. The van der Waals surface area contributed by atoms with Crippen molar-refractivity contribution in [2.75, 3.05) is 6.54 Å². The Morgan fingerprint density at radius 3 is 2.44 bits per heavy atom. The summed E-state index contributed by atoms with van der Waals surface area (Å²) in [6.07, 6.45) is 1.87. The van der Waals surface area contributed by atoms with Gasteiger partial charge in [-0.2, -0.15) is 4.98 Å². The second-order valence-electron chi connectivity index (χ2n) is 9.16. The molecule has 5 nitrogen and oxygen atoms in total. The number of rotatable bonds is 7. The molecular weight excluding hydrogens is 464 g/mol. The van der Waals surface area contributed by atoms with Crippen molar-refractivity contribution in [2.24, 2.45) is 0 Å². The van der Waals surface area contributed by atoms with Crippen LogP contribution in [0.2, 0.25) is 0 Å². The molecule has 1 aromatic heterocycles. The first-order valence-corrected chi connectivity index (χ1v) is 12.8. The van der Waals surface area contributed by atoms with Gasteiger partial charge in [-0.1, -0.05) is 90.4 Å². The molecule has 0 amide bonds. The van der Waals surface area contributed by atoms with Gasteiger partial charge in [0.2, 0.25) is 5.82 Å². The monoisotopic (exact) mass is 494 g/mol. The molecule has 1 N–H and O–H groups in total. The third kappa shape index (κ3) is 4.95. The van der Waals surface area contributed by atoms with Gasteiger partial charge >= 0.3 is 0 Å². The van der Waals surface area contributed by atoms with Crippen molar-refractivity contribution < 1.29 is 4.52 Å². The fourth-order valence-electron chi connectivity index (χ4n) is 4.64. The van der Waals surface area contributed by atoms with Crippen molar-refractivity contribution in [1.29, 1.82) is 0 Å². The van der Waals surface area contributed by atoms with Gasteiger partial charge < -0.3 is 14.7 Å². The van der Waals surface area contributed by atoms with E-state index in [-0.39, 0.29) is 6.04 Å². The zero-order chi connectivity index (χ0) is 25.1. The van der Waals surface area contributed by atoms with Gasteiger partial charge in [0.15, 0.2) is 5.11 Å². The summed E-state index contributed by atoms with van der Waals surface area (Å²) in [5, 5.41) is 8.60. The summed E-state index contributed by atoms with van der Waals surface area (Å²) in [5.41, 5.74) is 7.75. The third-order valence-corrected chi connectivity index (χ3v) is 7.06. The molecule has 36 heavy (non-hydrogen) atoms. The summed E-state index contributed by atoms with van der Waals surface area (Å²) >= 11 is 5.86. The van der Waals surface area contributed by atoms with Crippen LogP contribution in [0.5, 0.6) is 0 Å². The molecule has 1 atom stereocenters. The van der Waals surface area contributed by atoms with Crippen LogP contribution in [-0.2, 0) is 12.8 Å². The summed E-state index contributed by atoms with van der Waals surface area (Å²) < 4.78 is 5.88. The lowest BCUT2D eigenvalue weighted by molar-refractivity contribution is 0.397. The Bertz CT molecular complexity index is 1390. The van der Waals surface area contributed by atoms with Crippen molar-refractivity contribution in [2.45, 2.75) is 39.7 Å². The van der Waals surface area contributed by atoms with Crippen molar-refractivity contribution in [3.05, 3.63) is 113 Å². The Hall–Kier alpha value is -3.77. The van der Waals surface area contributed by atoms with Crippen LogP contribution in [0.1, 0.15) is 48.0 Å². The molecule has 5 rings (SSSR count). The number of hydrogen-bond donors (Lipinski definition) is 1. The number of hydrogen-bond acceptors (Lipinski definition) is 4. The quantitative estimate of drug-likeness (QED) is 0.296. The SMILES string of the molecule is CCc1ccc(C2NC(=S)N(CCc3ccccc3)C(C)=C2c2nc(-c3cccc(C)c3)no2)cc1. The van der Waals surface area contributed by atoms with E-state index >= 15 is 0 Å². The second-order valence-corrected chi connectivity index (χ2v) is 9.54. The van der Waals surface area contributed by atoms with Crippen molar-refractivity contribution in [3.8, 4) is 11.4 Å². The minimum atomic E-state index is -0.179. The zero-order valence-electron chi connectivity index (χ0n) is 20.9. The van der Waals surface area contributed by atoms with Gasteiger partial charge in [0.25, 0.3) is 5.89 Å². The van der Waals surface area contributed by atoms with E-state index in [9.17, 15) is 0 Å². The molecule has 0 spiro atoms. The molecule has 0 radical (unpaired) electrons. The van der Waals surface area contributed by atoms with E-state index in [1.807, 2.05) is 18.2 Å². The highest BCUT2D eigenvalue weighted by atomic mass is 32.1. The standard InChI is InChI=1S/C30H30N4OS/c1-4-22-13-15-24(16-14-22)27-26(29-32-28(33-35-29)25-12-8-9-20(2)19-25)21(3)34(30(36)31-27)18-17-23-10-6-5-7-11-23/h5-16,19,27H,4,17-18H2,1-3H3,(H,31,36). The van der Waals surface area contributed by atoms with Gasteiger partial charge in [-0.25, -0.2) is 0 Å². The average molecular weight is 495 g/mol. The first-order chi connectivity index (χ1) is 17.5. The van der Waals surface area contributed by atoms with Gasteiger partial charge in [0.05, 0.1) is 11.6 Å². The largest absolute Gasteiger partial charge is 0.351 e. The van der Waals surface area contributed by atoms with Gasteiger partial charge in [0, 0.05) is 17.8 Å². The maximum Gasteiger partial charge on any atom is 0.258 e. The van der Waals surface area contributed by atoms with E-state index in [2.05, 4.69) is 96.8 Å². The van der Waals surface area contributed by atoms with Crippen LogP contribution in [0.25, 0.3) is 17.0 Å². The number of aryl methyl sites for hydroxylation is 2. The molecule has 2 heterocycles. The summed E-state index contributed by atoms with van der Waals surface area (Å²) in [5.74, 6) is 1.09. The predicted molar refractivity (Wildman–Crippen MR) is 148 cm³/mol. The average Bonchev–Trinajstić information content (AvgIpc) is 3.39. The fraction of sp³-hybridized carbons (Fsp3) is 0.233. The van der Waals surface area contributed by atoms with E-state index in [1.165, 1.54) is 11.1 Å². The van der Waals surface area contributed by atoms with Crippen molar-refractivity contribution in [1.82, 2.24) is 20.4 Å². The van der Waals surface area contributed by atoms with E-state index < -0.39 is 0 Å². The fourth-order valence-corrected chi connectivity index (χ4v) is 4.99. The zero-order valence-corrected chi connectivity index (χ0v) is 21.7. The number of thiocarbonyl (C=S) groups is 1. The lowest BCUT2D eigenvalue weighted by Crippen LogP contribution is -2.46. The van der Waals surface area contributed by atoms with Crippen LogP contribution >= 0.6 is 12.2 Å². The second kappa shape index (κ2) is 10.5. The summed E-state index contributed by atoms with van der Waals surface area (Å²) in [4.78, 5) is 6.98. The predicted octanol–water partition coefficient (Wildman–Crippen LogP) is 6.51. The number of nitrogens with zero attached hydrogens (tertiary/aromatic N) is 3. The minimum absolute atomic E-state index is 0.179. The van der Waals surface area contributed by atoms with Crippen LogP contribution in [0, 0.1) is 6.92 Å². The highest BCUT2D eigenvalue weighted by molar-refractivity contribution is 7.80. The molecule has 1 aliphatic rings. The number of allylic oxidation sites excluding steroid dienone is 1. The summed E-state index contributed by atoms with van der Waals surface area (Å²) in [7, 11) is 0. The van der Waals surface area contributed by atoms with Crippen LogP contribution in [0.3, 0.4) is 0 Å². The molecule has 0 saturated carbocycles. The Balaban J connectivity index is 1.54. The van der Waals surface area contributed by atoms with Crippen molar-refractivity contribution in [3.63, 3.8) is 0 Å². The molecule has 0 bridgehead atoms. The van der Waals surface area contributed by atoms with Gasteiger partial charge in [-0.05, 0) is 61.7 Å². The van der Waals surface area contributed by atoms with Crippen LogP contribution in [0.4, 0.5) is 0 Å². The first kappa shape index (κ1) is 23.9.